The number of hydrogen-bond donors (Lipinski definition) is 3. The quantitative estimate of drug-likeness (QED) is 0.106. The molecule has 0 bridgehead atoms. The van der Waals surface area contributed by atoms with E-state index in [4.69, 9.17) is 27.9 Å². The predicted octanol–water partition coefficient (Wildman–Crippen LogP) is 5.43. The van der Waals surface area contributed by atoms with Gasteiger partial charge in [-0.1, -0.05) is 83.9 Å². The summed E-state index contributed by atoms with van der Waals surface area (Å²) in [6.07, 6.45) is -0.364. The molecule has 3 N–H and O–H groups in total. The van der Waals surface area contributed by atoms with Gasteiger partial charge in [0.15, 0.2) is 0 Å². The SMILES string of the molecule is COc1cccc(N(C(=O)CC(=O)NC(Cc2ccccc2)C(=O)NO)C2CN(C(c3ccc(Cl)cc3)c3ccc(Cl)cc3)C2)c1. The normalized spacial score (nSPS) is 13.8. The highest BCUT2D eigenvalue weighted by Crippen LogP contribution is 2.36. The van der Waals surface area contributed by atoms with E-state index >= 15 is 0 Å². The highest BCUT2D eigenvalue weighted by Gasteiger charge is 2.40. The topological polar surface area (TPSA) is 111 Å². The summed E-state index contributed by atoms with van der Waals surface area (Å²) < 4.78 is 5.42. The second kappa shape index (κ2) is 15.2. The lowest BCUT2D eigenvalue weighted by Crippen LogP contribution is -2.62. The number of amides is 3. The zero-order valence-corrected chi connectivity index (χ0v) is 26.6. The van der Waals surface area contributed by atoms with Crippen LogP contribution in [0, 0.1) is 0 Å². The molecule has 1 heterocycles. The van der Waals surface area contributed by atoms with Crippen LogP contribution >= 0.6 is 23.2 Å². The van der Waals surface area contributed by atoms with Crippen LogP contribution in [0.3, 0.4) is 0 Å². The lowest BCUT2D eigenvalue weighted by atomic mass is 9.92. The number of benzene rings is 4. The molecular weight excluding hydrogens is 627 g/mol. The van der Waals surface area contributed by atoms with Crippen molar-refractivity contribution in [2.24, 2.45) is 0 Å². The largest absolute Gasteiger partial charge is 0.497 e. The highest BCUT2D eigenvalue weighted by atomic mass is 35.5. The Morgan fingerprint density at radius 1 is 0.891 bits per heavy atom. The van der Waals surface area contributed by atoms with E-state index < -0.39 is 30.2 Å². The fourth-order valence-corrected chi connectivity index (χ4v) is 5.94. The van der Waals surface area contributed by atoms with E-state index in [1.807, 2.05) is 78.9 Å². The summed E-state index contributed by atoms with van der Waals surface area (Å²) in [5.74, 6) is -1.29. The molecule has 0 spiro atoms. The van der Waals surface area contributed by atoms with E-state index in [2.05, 4.69) is 10.2 Å². The van der Waals surface area contributed by atoms with E-state index in [-0.39, 0.29) is 18.5 Å². The zero-order chi connectivity index (χ0) is 32.6. The molecule has 11 heteroatoms. The van der Waals surface area contributed by atoms with Crippen LogP contribution in [-0.2, 0) is 20.8 Å². The number of anilines is 1. The van der Waals surface area contributed by atoms with Crippen LogP contribution in [0.4, 0.5) is 5.69 Å². The fraction of sp³-hybridized carbons (Fsp3) is 0.229. The number of carbonyl (C=O) groups is 3. The summed E-state index contributed by atoms with van der Waals surface area (Å²) in [6, 6.07) is 30.1. The van der Waals surface area contributed by atoms with Crippen molar-refractivity contribution in [2.75, 3.05) is 25.1 Å². The third-order valence-electron chi connectivity index (χ3n) is 7.95. The van der Waals surface area contributed by atoms with Crippen molar-refractivity contribution in [3.8, 4) is 5.75 Å². The van der Waals surface area contributed by atoms with Crippen molar-refractivity contribution < 1.29 is 24.3 Å². The predicted molar refractivity (Wildman–Crippen MR) is 177 cm³/mol. The first-order valence-electron chi connectivity index (χ1n) is 14.7. The molecule has 0 aromatic heterocycles. The lowest BCUT2D eigenvalue weighted by Gasteiger charge is -2.49. The Morgan fingerprint density at radius 2 is 1.50 bits per heavy atom. The Morgan fingerprint density at radius 3 is 2.07 bits per heavy atom. The van der Waals surface area contributed by atoms with Crippen molar-refractivity contribution in [3.05, 3.63) is 130 Å². The Kier molecular flexibility index (Phi) is 10.9. The molecule has 0 radical (unpaired) electrons. The van der Waals surface area contributed by atoms with E-state index in [9.17, 15) is 19.6 Å². The molecule has 9 nitrogen and oxygen atoms in total. The summed E-state index contributed by atoms with van der Waals surface area (Å²) in [5.41, 5.74) is 5.05. The van der Waals surface area contributed by atoms with Crippen LogP contribution in [0.25, 0.3) is 0 Å². The van der Waals surface area contributed by atoms with Gasteiger partial charge in [-0.3, -0.25) is 24.5 Å². The van der Waals surface area contributed by atoms with Gasteiger partial charge in [0, 0.05) is 41.3 Å². The van der Waals surface area contributed by atoms with Crippen LogP contribution in [0.5, 0.6) is 5.75 Å². The molecule has 1 saturated heterocycles. The van der Waals surface area contributed by atoms with Gasteiger partial charge in [-0.15, -0.1) is 0 Å². The summed E-state index contributed by atoms with van der Waals surface area (Å²) >= 11 is 12.4. The first-order chi connectivity index (χ1) is 22.2. The van der Waals surface area contributed by atoms with E-state index in [1.165, 1.54) is 0 Å². The maximum atomic E-state index is 13.9. The third-order valence-corrected chi connectivity index (χ3v) is 8.45. The van der Waals surface area contributed by atoms with Gasteiger partial charge in [-0.05, 0) is 53.1 Å². The highest BCUT2D eigenvalue weighted by molar-refractivity contribution is 6.30. The average Bonchev–Trinajstić information content (AvgIpc) is 3.05. The van der Waals surface area contributed by atoms with Crippen LogP contribution in [-0.4, -0.2) is 60.1 Å². The number of ether oxygens (including phenoxy) is 1. The molecular formula is C35H34Cl2N4O5. The number of likely N-dealkylation sites (tertiary alicyclic amines) is 1. The number of rotatable bonds is 12. The maximum absolute atomic E-state index is 13.9. The number of hydrogen-bond acceptors (Lipinski definition) is 6. The summed E-state index contributed by atoms with van der Waals surface area (Å²) in [5, 5.41) is 13.2. The number of carbonyl (C=O) groups excluding carboxylic acids is 3. The number of nitrogens with one attached hydrogen (secondary N) is 2. The molecule has 1 unspecified atom stereocenters. The minimum absolute atomic E-state index is 0.118. The standard InChI is InChI=1S/C35H34Cl2N4O5/c1-46-30-9-5-8-28(19-30)41(33(43)20-32(42)38-31(35(44)39-45)18-23-6-3-2-4-7-23)29-21-40(22-29)34(24-10-14-26(36)15-11-24)25-12-16-27(37)17-13-25/h2-17,19,29,31,34,45H,18,20-22H2,1H3,(H,38,42)(H,39,44). The first kappa shape index (κ1) is 33.0. The van der Waals surface area contributed by atoms with Crippen molar-refractivity contribution >= 4 is 46.6 Å². The van der Waals surface area contributed by atoms with Gasteiger partial charge >= 0.3 is 0 Å². The molecule has 4 aromatic carbocycles. The Labute approximate surface area is 277 Å². The maximum Gasteiger partial charge on any atom is 0.266 e. The monoisotopic (exact) mass is 660 g/mol. The summed E-state index contributed by atoms with van der Waals surface area (Å²) in [4.78, 5) is 43.3. The van der Waals surface area contributed by atoms with Gasteiger partial charge < -0.3 is 15.0 Å². The molecule has 4 aromatic rings. The molecule has 46 heavy (non-hydrogen) atoms. The number of hydroxylamine groups is 1. The van der Waals surface area contributed by atoms with Crippen LogP contribution in [0.1, 0.15) is 29.2 Å². The van der Waals surface area contributed by atoms with Gasteiger partial charge in [-0.2, -0.15) is 0 Å². The molecule has 5 rings (SSSR count). The molecule has 1 fully saturated rings. The second-order valence-electron chi connectivity index (χ2n) is 11.0. The lowest BCUT2D eigenvalue weighted by molar-refractivity contribution is -0.136. The molecule has 1 atom stereocenters. The smallest absolute Gasteiger partial charge is 0.266 e. The van der Waals surface area contributed by atoms with Gasteiger partial charge in [0.05, 0.1) is 19.2 Å². The second-order valence-corrected chi connectivity index (χ2v) is 11.9. The van der Waals surface area contributed by atoms with Crippen molar-refractivity contribution in [1.82, 2.24) is 15.7 Å². The zero-order valence-electron chi connectivity index (χ0n) is 25.1. The van der Waals surface area contributed by atoms with Gasteiger partial charge in [0.2, 0.25) is 11.8 Å². The molecule has 0 saturated carbocycles. The first-order valence-corrected chi connectivity index (χ1v) is 15.5. The number of halogens is 2. The molecule has 238 valence electrons. The average molecular weight is 662 g/mol. The fourth-order valence-electron chi connectivity index (χ4n) is 5.69. The third kappa shape index (κ3) is 8.05. The minimum atomic E-state index is -1.07. The van der Waals surface area contributed by atoms with Gasteiger partial charge in [-0.25, -0.2) is 5.48 Å². The Bertz CT molecular complexity index is 1600. The minimum Gasteiger partial charge on any atom is -0.497 e. The Hall–Kier alpha value is -4.41. The van der Waals surface area contributed by atoms with E-state index in [1.54, 1.807) is 41.8 Å². The Balaban J connectivity index is 1.36. The molecule has 1 aliphatic heterocycles. The van der Waals surface area contributed by atoms with Crippen LogP contribution < -0.4 is 20.4 Å². The van der Waals surface area contributed by atoms with Gasteiger partial charge in [0.1, 0.15) is 18.2 Å². The van der Waals surface area contributed by atoms with Crippen molar-refractivity contribution in [3.63, 3.8) is 0 Å². The van der Waals surface area contributed by atoms with E-state index in [0.717, 1.165) is 16.7 Å². The van der Waals surface area contributed by atoms with Crippen molar-refractivity contribution in [1.29, 1.82) is 0 Å². The van der Waals surface area contributed by atoms with Crippen LogP contribution in [0.15, 0.2) is 103 Å². The van der Waals surface area contributed by atoms with Gasteiger partial charge in [0.25, 0.3) is 5.91 Å². The molecule has 3 amide bonds. The van der Waals surface area contributed by atoms with E-state index in [0.29, 0.717) is 34.6 Å². The molecule has 1 aliphatic rings. The summed E-state index contributed by atoms with van der Waals surface area (Å²) in [7, 11) is 1.55. The number of methoxy groups -OCH3 is 1. The summed E-state index contributed by atoms with van der Waals surface area (Å²) in [6.45, 7) is 1.04. The molecule has 0 aliphatic carbocycles. The van der Waals surface area contributed by atoms with Crippen LogP contribution in [0.2, 0.25) is 10.0 Å². The van der Waals surface area contributed by atoms with Crippen molar-refractivity contribution in [2.45, 2.75) is 31.0 Å². The number of nitrogens with zero attached hydrogens (tertiary/aromatic N) is 2.